The van der Waals surface area contributed by atoms with E-state index in [0.29, 0.717) is 36.0 Å². The number of amides is 1. The molecule has 1 aromatic carbocycles. The Balaban J connectivity index is 1.80. The molecule has 2 heterocycles. The van der Waals surface area contributed by atoms with Gasteiger partial charge in [0.25, 0.3) is 5.91 Å². The van der Waals surface area contributed by atoms with Gasteiger partial charge in [0.15, 0.2) is 11.5 Å². The van der Waals surface area contributed by atoms with E-state index in [1.165, 1.54) is 0 Å². The van der Waals surface area contributed by atoms with E-state index in [9.17, 15) is 4.79 Å². The first kappa shape index (κ1) is 11.6. The Hall–Kier alpha value is -2.43. The second-order valence-corrected chi connectivity index (χ2v) is 4.33. The van der Waals surface area contributed by atoms with Crippen molar-refractivity contribution in [1.29, 1.82) is 0 Å². The van der Waals surface area contributed by atoms with Crippen molar-refractivity contribution in [3.8, 4) is 11.5 Å². The van der Waals surface area contributed by atoms with Crippen LogP contribution in [0.25, 0.3) is 0 Å². The van der Waals surface area contributed by atoms with Gasteiger partial charge in [-0.3, -0.25) is 4.79 Å². The topological polar surface area (TPSA) is 63.4 Å². The molecule has 0 spiro atoms. The first-order valence-electron chi connectivity index (χ1n) is 6.09. The Morgan fingerprint density at radius 1 is 1.21 bits per heavy atom. The first-order chi connectivity index (χ1) is 9.24. The van der Waals surface area contributed by atoms with E-state index in [1.807, 2.05) is 6.92 Å². The average molecular weight is 258 g/mol. The number of hydrogen-bond donors (Lipinski definition) is 2. The van der Waals surface area contributed by atoms with Crippen LogP contribution in [0.5, 0.6) is 11.5 Å². The van der Waals surface area contributed by atoms with Gasteiger partial charge in [-0.25, -0.2) is 0 Å². The lowest BCUT2D eigenvalue weighted by Crippen LogP contribution is -2.16. The molecule has 0 bridgehead atoms. The molecule has 0 aliphatic carbocycles. The predicted molar refractivity (Wildman–Crippen MR) is 70.9 cm³/mol. The summed E-state index contributed by atoms with van der Waals surface area (Å²) >= 11 is 0. The minimum absolute atomic E-state index is 0.143. The van der Waals surface area contributed by atoms with Gasteiger partial charge < -0.3 is 19.8 Å². The Kier molecular flexibility index (Phi) is 2.87. The Bertz CT molecular complexity index is 619. The molecule has 0 saturated heterocycles. The van der Waals surface area contributed by atoms with Gasteiger partial charge >= 0.3 is 0 Å². The molecule has 0 saturated carbocycles. The van der Waals surface area contributed by atoms with Crippen LogP contribution < -0.4 is 14.8 Å². The molecular formula is C14H14N2O3. The van der Waals surface area contributed by atoms with Gasteiger partial charge in [-0.15, -0.1) is 0 Å². The monoisotopic (exact) mass is 258 g/mol. The van der Waals surface area contributed by atoms with Gasteiger partial charge in [-0.1, -0.05) is 0 Å². The van der Waals surface area contributed by atoms with Crippen molar-refractivity contribution in [3.63, 3.8) is 0 Å². The van der Waals surface area contributed by atoms with Crippen LogP contribution in [0.15, 0.2) is 30.5 Å². The van der Waals surface area contributed by atoms with E-state index in [4.69, 9.17) is 9.47 Å². The number of aromatic amines is 1. The van der Waals surface area contributed by atoms with Crippen molar-refractivity contribution in [2.75, 3.05) is 18.5 Å². The molecule has 2 aromatic rings. The lowest BCUT2D eigenvalue weighted by atomic mass is 10.2. The zero-order valence-corrected chi connectivity index (χ0v) is 10.5. The lowest BCUT2D eigenvalue weighted by molar-refractivity contribution is 0.102. The molecule has 0 fully saturated rings. The van der Waals surface area contributed by atoms with Crippen LogP contribution in [-0.2, 0) is 0 Å². The first-order valence-corrected chi connectivity index (χ1v) is 6.09. The number of nitrogens with one attached hydrogen (secondary N) is 2. The smallest absolute Gasteiger partial charge is 0.257 e. The number of hydrogen-bond acceptors (Lipinski definition) is 3. The molecule has 1 aromatic heterocycles. The van der Waals surface area contributed by atoms with E-state index < -0.39 is 0 Å². The molecule has 2 N–H and O–H groups in total. The van der Waals surface area contributed by atoms with Crippen LogP contribution in [0.2, 0.25) is 0 Å². The van der Waals surface area contributed by atoms with Crippen LogP contribution in [0.1, 0.15) is 16.1 Å². The molecule has 19 heavy (non-hydrogen) atoms. The fourth-order valence-corrected chi connectivity index (χ4v) is 2.02. The van der Waals surface area contributed by atoms with Crippen molar-refractivity contribution >= 4 is 11.6 Å². The van der Waals surface area contributed by atoms with Gasteiger partial charge in [0.05, 0.1) is 5.56 Å². The highest BCUT2D eigenvalue weighted by Crippen LogP contribution is 2.32. The molecule has 0 unspecified atom stereocenters. The van der Waals surface area contributed by atoms with Crippen LogP contribution in [-0.4, -0.2) is 24.1 Å². The van der Waals surface area contributed by atoms with E-state index in [-0.39, 0.29) is 5.91 Å². The second kappa shape index (κ2) is 4.68. The van der Waals surface area contributed by atoms with Crippen molar-refractivity contribution in [2.24, 2.45) is 0 Å². The van der Waals surface area contributed by atoms with E-state index in [0.717, 1.165) is 5.69 Å². The minimum atomic E-state index is -0.143. The van der Waals surface area contributed by atoms with Crippen molar-refractivity contribution in [2.45, 2.75) is 6.92 Å². The van der Waals surface area contributed by atoms with Crippen LogP contribution in [0.4, 0.5) is 5.69 Å². The number of carbonyl (C=O) groups excluding carboxylic acids is 1. The number of rotatable bonds is 2. The third kappa shape index (κ3) is 2.27. The van der Waals surface area contributed by atoms with Crippen molar-refractivity contribution in [1.82, 2.24) is 4.98 Å². The Morgan fingerprint density at radius 2 is 2.00 bits per heavy atom. The van der Waals surface area contributed by atoms with Gasteiger partial charge in [-0.2, -0.15) is 0 Å². The number of carbonyl (C=O) groups is 1. The SMILES string of the molecule is Cc1[nH]ccc1C(=O)Nc1ccc2c(c1)OCCO2. The largest absolute Gasteiger partial charge is 0.486 e. The molecule has 5 heteroatoms. The number of aryl methyl sites for hydroxylation is 1. The van der Waals surface area contributed by atoms with Crippen LogP contribution in [0.3, 0.4) is 0 Å². The maximum absolute atomic E-state index is 12.1. The van der Waals surface area contributed by atoms with E-state index in [2.05, 4.69) is 10.3 Å². The third-order valence-corrected chi connectivity index (χ3v) is 3.00. The van der Waals surface area contributed by atoms with Gasteiger partial charge in [0, 0.05) is 23.6 Å². The van der Waals surface area contributed by atoms with Crippen LogP contribution in [0, 0.1) is 6.92 Å². The molecule has 0 atom stereocenters. The highest BCUT2D eigenvalue weighted by atomic mass is 16.6. The highest BCUT2D eigenvalue weighted by Gasteiger charge is 2.14. The molecule has 5 nitrogen and oxygen atoms in total. The number of benzene rings is 1. The van der Waals surface area contributed by atoms with Crippen molar-refractivity contribution in [3.05, 3.63) is 41.7 Å². The summed E-state index contributed by atoms with van der Waals surface area (Å²) in [5.74, 6) is 1.23. The third-order valence-electron chi connectivity index (χ3n) is 3.00. The summed E-state index contributed by atoms with van der Waals surface area (Å²) in [4.78, 5) is 15.0. The summed E-state index contributed by atoms with van der Waals surface area (Å²) in [6, 6.07) is 7.12. The van der Waals surface area contributed by atoms with E-state index >= 15 is 0 Å². The fourth-order valence-electron chi connectivity index (χ4n) is 2.02. The van der Waals surface area contributed by atoms with Crippen molar-refractivity contribution < 1.29 is 14.3 Å². The molecule has 98 valence electrons. The molecule has 1 amide bonds. The zero-order chi connectivity index (χ0) is 13.2. The lowest BCUT2D eigenvalue weighted by Gasteiger charge is -2.19. The minimum Gasteiger partial charge on any atom is -0.486 e. The molecule has 1 aliphatic rings. The van der Waals surface area contributed by atoms with E-state index in [1.54, 1.807) is 30.5 Å². The number of fused-ring (bicyclic) bond motifs is 1. The Morgan fingerprint density at radius 3 is 2.74 bits per heavy atom. The number of ether oxygens (including phenoxy) is 2. The number of aromatic nitrogens is 1. The summed E-state index contributed by atoms with van der Waals surface area (Å²) in [5, 5.41) is 2.84. The van der Waals surface area contributed by atoms with Gasteiger partial charge in [0.1, 0.15) is 13.2 Å². The summed E-state index contributed by atoms with van der Waals surface area (Å²) in [6.07, 6.45) is 1.74. The molecule has 0 radical (unpaired) electrons. The quantitative estimate of drug-likeness (QED) is 0.869. The fraction of sp³-hybridized carbons (Fsp3) is 0.214. The standard InChI is InChI=1S/C14H14N2O3/c1-9-11(4-5-15-9)14(17)16-10-2-3-12-13(8-10)19-7-6-18-12/h2-5,8,15H,6-7H2,1H3,(H,16,17). The maximum Gasteiger partial charge on any atom is 0.257 e. The summed E-state index contributed by atoms with van der Waals surface area (Å²) in [6.45, 7) is 2.95. The molecule has 1 aliphatic heterocycles. The predicted octanol–water partition coefficient (Wildman–Crippen LogP) is 2.35. The number of H-pyrrole nitrogens is 1. The normalized spacial score (nSPS) is 13.1. The molecular weight excluding hydrogens is 244 g/mol. The van der Waals surface area contributed by atoms with Crippen LogP contribution >= 0.6 is 0 Å². The summed E-state index contributed by atoms with van der Waals surface area (Å²) in [7, 11) is 0. The second-order valence-electron chi connectivity index (χ2n) is 4.33. The maximum atomic E-state index is 12.1. The Labute approximate surface area is 110 Å². The highest BCUT2D eigenvalue weighted by molar-refractivity contribution is 6.05. The van der Waals surface area contributed by atoms with Gasteiger partial charge in [0.2, 0.25) is 0 Å². The average Bonchev–Trinajstić information content (AvgIpc) is 2.85. The molecule has 3 rings (SSSR count). The summed E-state index contributed by atoms with van der Waals surface area (Å²) < 4.78 is 10.9. The van der Waals surface area contributed by atoms with Gasteiger partial charge in [-0.05, 0) is 25.1 Å². The number of anilines is 1. The zero-order valence-electron chi connectivity index (χ0n) is 10.5. The summed E-state index contributed by atoms with van der Waals surface area (Å²) in [5.41, 5.74) is 2.17.